The third kappa shape index (κ3) is 4.67. The zero-order valence-electron chi connectivity index (χ0n) is 15.7. The summed E-state index contributed by atoms with van der Waals surface area (Å²) in [5.41, 5.74) is 2.36. The number of benzene rings is 2. The summed E-state index contributed by atoms with van der Waals surface area (Å²) < 4.78 is 32.4. The van der Waals surface area contributed by atoms with Crippen LogP contribution in [0.4, 0.5) is 0 Å². The number of carbonyl (C=O) groups excluding carboxylic acids is 1. The Balaban J connectivity index is 1.72. The molecule has 0 aromatic heterocycles. The van der Waals surface area contributed by atoms with Gasteiger partial charge in [-0.2, -0.15) is 0 Å². The van der Waals surface area contributed by atoms with Crippen molar-refractivity contribution in [1.82, 2.24) is 10.0 Å². The smallest absolute Gasteiger partial charge is 0.251 e. The fourth-order valence-electron chi connectivity index (χ4n) is 2.82. The van der Waals surface area contributed by atoms with E-state index in [0.717, 1.165) is 24.0 Å². The molecule has 144 valence electrons. The van der Waals surface area contributed by atoms with E-state index >= 15 is 0 Å². The van der Waals surface area contributed by atoms with E-state index in [1.54, 1.807) is 7.11 Å². The Bertz CT molecular complexity index is 935. The van der Waals surface area contributed by atoms with Crippen LogP contribution < -0.4 is 14.8 Å². The molecule has 0 saturated heterocycles. The molecule has 0 radical (unpaired) electrons. The average Bonchev–Trinajstić information content (AvgIpc) is 3.45. The van der Waals surface area contributed by atoms with Crippen LogP contribution in [0.25, 0.3) is 0 Å². The van der Waals surface area contributed by atoms with Gasteiger partial charge in [0.05, 0.1) is 18.0 Å². The minimum absolute atomic E-state index is 0.0446. The Morgan fingerprint density at radius 2 is 1.81 bits per heavy atom. The molecular weight excluding hydrogens is 364 g/mol. The summed E-state index contributed by atoms with van der Waals surface area (Å²) >= 11 is 0. The number of amides is 1. The van der Waals surface area contributed by atoms with Gasteiger partial charge in [-0.1, -0.05) is 17.7 Å². The summed E-state index contributed by atoms with van der Waals surface area (Å²) in [6.45, 7) is 3.86. The van der Waals surface area contributed by atoms with E-state index in [2.05, 4.69) is 10.0 Å². The lowest BCUT2D eigenvalue weighted by Crippen LogP contribution is -2.27. The van der Waals surface area contributed by atoms with Gasteiger partial charge in [0.15, 0.2) is 0 Å². The largest absolute Gasteiger partial charge is 0.496 e. The Morgan fingerprint density at radius 1 is 1.15 bits per heavy atom. The van der Waals surface area contributed by atoms with Gasteiger partial charge in [0.25, 0.3) is 5.91 Å². The van der Waals surface area contributed by atoms with Gasteiger partial charge in [0.2, 0.25) is 10.0 Å². The van der Waals surface area contributed by atoms with Crippen molar-refractivity contribution < 1.29 is 17.9 Å². The lowest BCUT2D eigenvalue weighted by Gasteiger charge is -2.18. The summed E-state index contributed by atoms with van der Waals surface area (Å²) in [5, 5.41) is 2.93. The average molecular weight is 388 g/mol. The fourth-order valence-corrected chi connectivity index (χ4v) is 4.13. The maximum atomic E-state index is 12.5. The summed E-state index contributed by atoms with van der Waals surface area (Å²) in [6, 6.07) is 11.5. The number of aryl methyl sites for hydroxylation is 1. The van der Waals surface area contributed by atoms with Crippen LogP contribution in [-0.2, 0) is 10.0 Å². The van der Waals surface area contributed by atoms with E-state index in [0.29, 0.717) is 11.3 Å². The SMILES string of the molecule is COc1ccc(C)cc1C(C)NC(=O)c1ccc(S(=O)(=O)NC2CC2)cc1. The number of hydrogen-bond donors (Lipinski definition) is 2. The number of hydrogen-bond acceptors (Lipinski definition) is 4. The number of sulfonamides is 1. The predicted octanol–water partition coefficient (Wildman–Crippen LogP) is 2.94. The first-order chi connectivity index (χ1) is 12.8. The molecule has 6 nitrogen and oxygen atoms in total. The first kappa shape index (κ1) is 19.4. The lowest BCUT2D eigenvalue weighted by atomic mass is 10.0. The molecule has 1 atom stereocenters. The summed E-state index contributed by atoms with van der Waals surface area (Å²) in [7, 11) is -1.92. The fraction of sp³-hybridized carbons (Fsp3) is 0.350. The summed E-state index contributed by atoms with van der Waals surface area (Å²) in [4.78, 5) is 12.7. The molecule has 2 aromatic carbocycles. The van der Waals surface area contributed by atoms with Gasteiger partial charge in [0.1, 0.15) is 5.75 Å². The Morgan fingerprint density at radius 3 is 2.41 bits per heavy atom. The van der Waals surface area contributed by atoms with Gasteiger partial charge < -0.3 is 10.1 Å². The van der Waals surface area contributed by atoms with E-state index < -0.39 is 10.0 Å². The van der Waals surface area contributed by atoms with Crippen LogP contribution in [0.1, 0.15) is 47.3 Å². The van der Waals surface area contributed by atoms with E-state index in [9.17, 15) is 13.2 Å². The highest BCUT2D eigenvalue weighted by Gasteiger charge is 2.28. The van der Waals surface area contributed by atoms with Crippen molar-refractivity contribution >= 4 is 15.9 Å². The Labute approximate surface area is 160 Å². The third-order valence-corrected chi connectivity index (χ3v) is 6.06. The van der Waals surface area contributed by atoms with E-state index in [4.69, 9.17) is 4.74 Å². The minimum atomic E-state index is -3.52. The molecule has 1 amide bonds. The summed E-state index contributed by atoms with van der Waals surface area (Å²) in [5.74, 6) is 0.436. The van der Waals surface area contributed by atoms with Gasteiger partial charge in [0, 0.05) is 17.2 Å². The van der Waals surface area contributed by atoms with Crippen molar-refractivity contribution in [2.24, 2.45) is 0 Å². The van der Waals surface area contributed by atoms with E-state index in [1.807, 2.05) is 32.0 Å². The second kappa shape index (κ2) is 7.70. The molecule has 0 spiro atoms. The van der Waals surface area contributed by atoms with Crippen LogP contribution in [0.15, 0.2) is 47.4 Å². The van der Waals surface area contributed by atoms with Crippen LogP contribution in [0.5, 0.6) is 5.75 Å². The molecule has 7 heteroatoms. The number of nitrogens with one attached hydrogen (secondary N) is 2. The highest BCUT2D eigenvalue weighted by molar-refractivity contribution is 7.89. The second-order valence-corrected chi connectivity index (χ2v) is 8.57. The molecule has 0 aliphatic heterocycles. The van der Waals surface area contributed by atoms with Gasteiger partial charge >= 0.3 is 0 Å². The molecule has 1 saturated carbocycles. The van der Waals surface area contributed by atoms with Gasteiger partial charge in [-0.15, -0.1) is 0 Å². The van der Waals surface area contributed by atoms with Crippen LogP contribution in [0.3, 0.4) is 0 Å². The highest BCUT2D eigenvalue weighted by atomic mass is 32.2. The van der Waals surface area contributed by atoms with Crippen molar-refractivity contribution in [2.45, 2.75) is 43.7 Å². The standard InChI is InChI=1S/C20H24N2O4S/c1-13-4-11-19(26-3)18(12-13)14(2)21-20(23)15-5-9-17(10-6-15)27(24,25)22-16-7-8-16/h4-6,9-12,14,16,22H,7-8H2,1-3H3,(H,21,23). The molecule has 0 heterocycles. The zero-order valence-corrected chi connectivity index (χ0v) is 16.5. The normalized spacial score (nSPS) is 15.2. The summed E-state index contributed by atoms with van der Waals surface area (Å²) in [6.07, 6.45) is 1.75. The molecule has 2 N–H and O–H groups in total. The van der Waals surface area contributed by atoms with Crippen molar-refractivity contribution in [1.29, 1.82) is 0 Å². The number of carbonyl (C=O) groups is 1. The topological polar surface area (TPSA) is 84.5 Å². The van der Waals surface area contributed by atoms with Crippen LogP contribution in [0.2, 0.25) is 0 Å². The molecule has 1 aliphatic carbocycles. The predicted molar refractivity (Wildman–Crippen MR) is 103 cm³/mol. The van der Waals surface area contributed by atoms with Gasteiger partial charge in [-0.25, -0.2) is 13.1 Å². The number of rotatable bonds is 7. The number of methoxy groups -OCH3 is 1. The zero-order chi connectivity index (χ0) is 19.6. The van der Waals surface area contributed by atoms with Gasteiger partial charge in [-0.3, -0.25) is 4.79 Å². The molecule has 2 aromatic rings. The third-order valence-electron chi connectivity index (χ3n) is 4.53. The van der Waals surface area contributed by atoms with Crippen molar-refractivity contribution in [3.8, 4) is 5.75 Å². The minimum Gasteiger partial charge on any atom is -0.496 e. The maximum Gasteiger partial charge on any atom is 0.251 e. The van der Waals surface area contributed by atoms with E-state index in [-0.39, 0.29) is 22.9 Å². The van der Waals surface area contributed by atoms with Crippen LogP contribution in [0, 0.1) is 6.92 Å². The Hall–Kier alpha value is -2.38. The molecule has 27 heavy (non-hydrogen) atoms. The van der Waals surface area contributed by atoms with Gasteiger partial charge in [-0.05, 0) is 57.0 Å². The quantitative estimate of drug-likeness (QED) is 0.764. The monoisotopic (exact) mass is 388 g/mol. The maximum absolute atomic E-state index is 12.5. The van der Waals surface area contributed by atoms with E-state index in [1.165, 1.54) is 24.3 Å². The first-order valence-corrected chi connectivity index (χ1v) is 10.4. The molecule has 1 unspecified atom stereocenters. The van der Waals surface area contributed by atoms with Crippen LogP contribution >= 0.6 is 0 Å². The lowest BCUT2D eigenvalue weighted by molar-refractivity contribution is 0.0939. The first-order valence-electron chi connectivity index (χ1n) is 8.88. The number of ether oxygens (including phenoxy) is 1. The Kier molecular flexibility index (Phi) is 5.53. The molecule has 1 aliphatic rings. The molecule has 0 bridgehead atoms. The molecule has 3 rings (SSSR count). The molecule has 1 fully saturated rings. The highest BCUT2D eigenvalue weighted by Crippen LogP contribution is 2.26. The van der Waals surface area contributed by atoms with Crippen molar-refractivity contribution in [2.75, 3.05) is 7.11 Å². The van der Waals surface area contributed by atoms with Crippen molar-refractivity contribution in [3.05, 3.63) is 59.2 Å². The van der Waals surface area contributed by atoms with Crippen LogP contribution in [-0.4, -0.2) is 27.5 Å². The second-order valence-electron chi connectivity index (χ2n) is 6.86. The molecular formula is C20H24N2O4S. The van der Waals surface area contributed by atoms with Crippen molar-refractivity contribution in [3.63, 3.8) is 0 Å².